The van der Waals surface area contributed by atoms with Crippen molar-refractivity contribution >= 4 is 11.6 Å². The van der Waals surface area contributed by atoms with Gasteiger partial charge in [0, 0.05) is 18.0 Å². The molecule has 14 heavy (non-hydrogen) atoms. The Morgan fingerprint density at radius 1 is 1.14 bits per heavy atom. The fourth-order valence-corrected chi connectivity index (χ4v) is 1.38. The molecule has 3 nitrogen and oxygen atoms in total. The largest absolute Gasteiger partial charge is 0.264 e. The topological polar surface area (TPSA) is 38.7 Å². The Morgan fingerprint density at radius 3 is 2.71 bits per heavy atom. The van der Waals surface area contributed by atoms with Crippen LogP contribution in [0.3, 0.4) is 0 Å². The molecule has 4 heteroatoms. The third kappa shape index (κ3) is 1.72. The molecule has 0 saturated heterocycles. The van der Waals surface area contributed by atoms with E-state index in [1.807, 2.05) is 13.0 Å². The van der Waals surface area contributed by atoms with E-state index in [1.54, 1.807) is 18.6 Å². The normalized spacial score (nSPS) is 10.1. The van der Waals surface area contributed by atoms with Crippen LogP contribution in [-0.2, 0) is 0 Å². The highest BCUT2D eigenvalue weighted by Gasteiger charge is 2.03. The van der Waals surface area contributed by atoms with Crippen molar-refractivity contribution in [2.45, 2.75) is 6.92 Å². The molecule has 0 radical (unpaired) electrons. The average molecular weight is 206 g/mol. The van der Waals surface area contributed by atoms with E-state index >= 15 is 0 Å². The fourth-order valence-electron chi connectivity index (χ4n) is 1.23. The molecule has 2 heterocycles. The first-order chi connectivity index (χ1) is 6.77. The van der Waals surface area contributed by atoms with Crippen LogP contribution in [0.4, 0.5) is 0 Å². The van der Waals surface area contributed by atoms with Crippen molar-refractivity contribution in [3.63, 3.8) is 0 Å². The van der Waals surface area contributed by atoms with Gasteiger partial charge in [0.25, 0.3) is 0 Å². The first-order valence-electron chi connectivity index (χ1n) is 4.16. The van der Waals surface area contributed by atoms with E-state index < -0.39 is 0 Å². The maximum absolute atomic E-state index is 5.76. The zero-order valence-electron chi connectivity index (χ0n) is 7.61. The molecule has 2 aromatic rings. The molecule has 70 valence electrons. The van der Waals surface area contributed by atoms with Gasteiger partial charge in [-0.1, -0.05) is 11.6 Å². The summed E-state index contributed by atoms with van der Waals surface area (Å²) in [5.41, 5.74) is 2.84. The van der Waals surface area contributed by atoms with Crippen LogP contribution in [0, 0.1) is 6.92 Å². The van der Waals surface area contributed by atoms with E-state index in [2.05, 4.69) is 15.0 Å². The van der Waals surface area contributed by atoms with Gasteiger partial charge in [-0.25, -0.2) is 4.98 Å². The Hall–Kier alpha value is -1.48. The quantitative estimate of drug-likeness (QED) is 0.718. The molecule has 0 atom stereocenters. The third-order valence-corrected chi connectivity index (χ3v) is 2.08. The molecule has 2 rings (SSSR count). The minimum atomic E-state index is 0.402. The summed E-state index contributed by atoms with van der Waals surface area (Å²) in [4.78, 5) is 12.2. The number of rotatable bonds is 1. The van der Waals surface area contributed by atoms with Crippen molar-refractivity contribution in [1.82, 2.24) is 15.0 Å². The fraction of sp³-hybridized carbons (Fsp3) is 0.100. The lowest BCUT2D eigenvalue weighted by molar-refractivity contribution is 1.18. The molecule has 0 saturated carbocycles. The second-order valence-electron chi connectivity index (χ2n) is 2.92. The number of pyridine rings is 1. The summed E-state index contributed by atoms with van der Waals surface area (Å²) in [6.45, 7) is 1.98. The van der Waals surface area contributed by atoms with Crippen LogP contribution < -0.4 is 0 Å². The molecule has 0 aliphatic rings. The highest BCUT2D eigenvalue weighted by molar-refractivity contribution is 6.29. The number of nitrogens with zero attached hydrogens (tertiary/aromatic N) is 3. The molecule has 0 aliphatic carbocycles. The highest BCUT2D eigenvalue weighted by Crippen LogP contribution is 2.20. The van der Waals surface area contributed by atoms with Crippen molar-refractivity contribution in [2.75, 3.05) is 0 Å². The van der Waals surface area contributed by atoms with Crippen LogP contribution in [0.25, 0.3) is 11.3 Å². The van der Waals surface area contributed by atoms with Crippen molar-refractivity contribution in [2.24, 2.45) is 0 Å². The number of aromatic nitrogens is 3. The molecule has 0 aromatic carbocycles. The summed E-state index contributed by atoms with van der Waals surface area (Å²) in [5.74, 6) is 0. The summed E-state index contributed by atoms with van der Waals surface area (Å²) in [6.07, 6.45) is 6.72. The summed E-state index contributed by atoms with van der Waals surface area (Å²) >= 11 is 5.76. The Labute approximate surface area is 86.8 Å². The minimum Gasteiger partial charge on any atom is -0.264 e. The zero-order valence-corrected chi connectivity index (χ0v) is 8.36. The standard InChI is InChI=1S/C10H8ClN3/c1-7-4-12-3-2-8(7)9-5-13-6-10(11)14-9/h2-6H,1H3. The van der Waals surface area contributed by atoms with E-state index in [0.29, 0.717) is 5.15 Å². The van der Waals surface area contributed by atoms with Crippen molar-refractivity contribution in [3.05, 3.63) is 41.6 Å². The summed E-state index contributed by atoms with van der Waals surface area (Å²) < 4.78 is 0. The van der Waals surface area contributed by atoms with Gasteiger partial charge in [0.15, 0.2) is 0 Å². The van der Waals surface area contributed by atoms with Crippen LogP contribution in [0.2, 0.25) is 5.15 Å². The van der Waals surface area contributed by atoms with E-state index in [0.717, 1.165) is 16.8 Å². The van der Waals surface area contributed by atoms with Gasteiger partial charge in [0.1, 0.15) is 5.15 Å². The maximum atomic E-state index is 5.76. The average Bonchev–Trinajstić information content (AvgIpc) is 2.18. The maximum Gasteiger partial charge on any atom is 0.148 e. The van der Waals surface area contributed by atoms with Gasteiger partial charge in [0.05, 0.1) is 18.1 Å². The van der Waals surface area contributed by atoms with Gasteiger partial charge in [-0.05, 0) is 18.6 Å². The third-order valence-electron chi connectivity index (χ3n) is 1.90. The molecule has 0 amide bonds. The smallest absolute Gasteiger partial charge is 0.148 e. The summed E-state index contributed by atoms with van der Waals surface area (Å²) in [5, 5.41) is 0.402. The van der Waals surface area contributed by atoms with Crippen LogP contribution in [0.5, 0.6) is 0 Å². The second kappa shape index (κ2) is 3.72. The van der Waals surface area contributed by atoms with Crippen LogP contribution >= 0.6 is 11.6 Å². The van der Waals surface area contributed by atoms with Gasteiger partial charge in [-0.15, -0.1) is 0 Å². The molecule has 0 spiro atoms. The predicted octanol–water partition coefficient (Wildman–Crippen LogP) is 2.50. The van der Waals surface area contributed by atoms with E-state index in [1.165, 1.54) is 6.20 Å². The van der Waals surface area contributed by atoms with Crippen LogP contribution in [0.15, 0.2) is 30.9 Å². The predicted molar refractivity (Wildman–Crippen MR) is 55.0 cm³/mol. The number of aryl methyl sites for hydroxylation is 1. The molecular formula is C10H8ClN3. The molecule has 0 bridgehead atoms. The first kappa shape index (κ1) is 9.09. The van der Waals surface area contributed by atoms with Gasteiger partial charge in [-0.2, -0.15) is 0 Å². The molecular weight excluding hydrogens is 198 g/mol. The lowest BCUT2D eigenvalue weighted by atomic mass is 10.1. The molecule has 0 aliphatic heterocycles. The van der Waals surface area contributed by atoms with Gasteiger partial charge >= 0.3 is 0 Å². The van der Waals surface area contributed by atoms with E-state index in [4.69, 9.17) is 11.6 Å². The van der Waals surface area contributed by atoms with Gasteiger partial charge < -0.3 is 0 Å². The van der Waals surface area contributed by atoms with Crippen molar-refractivity contribution in [3.8, 4) is 11.3 Å². The van der Waals surface area contributed by atoms with Crippen LogP contribution in [0.1, 0.15) is 5.56 Å². The zero-order chi connectivity index (χ0) is 9.97. The molecule has 0 N–H and O–H groups in total. The highest BCUT2D eigenvalue weighted by atomic mass is 35.5. The minimum absolute atomic E-state index is 0.402. The lowest BCUT2D eigenvalue weighted by Crippen LogP contribution is -1.89. The Kier molecular flexibility index (Phi) is 2.41. The monoisotopic (exact) mass is 205 g/mol. The number of halogens is 1. The Morgan fingerprint density at radius 2 is 2.00 bits per heavy atom. The molecule has 0 unspecified atom stereocenters. The van der Waals surface area contributed by atoms with Crippen molar-refractivity contribution < 1.29 is 0 Å². The lowest BCUT2D eigenvalue weighted by Gasteiger charge is -2.03. The molecule has 0 fully saturated rings. The number of hydrogen-bond acceptors (Lipinski definition) is 3. The Balaban J connectivity index is 2.55. The van der Waals surface area contributed by atoms with E-state index in [-0.39, 0.29) is 0 Å². The van der Waals surface area contributed by atoms with Gasteiger partial charge in [0.2, 0.25) is 0 Å². The molecule has 2 aromatic heterocycles. The van der Waals surface area contributed by atoms with E-state index in [9.17, 15) is 0 Å². The summed E-state index contributed by atoms with van der Waals surface area (Å²) in [7, 11) is 0. The number of hydrogen-bond donors (Lipinski definition) is 0. The van der Waals surface area contributed by atoms with Crippen LogP contribution in [-0.4, -0.2) is 15.0 Å². The summed E-state index contributed by atoms with van der Waals surface area (Å²) in [6, 6.07) is 1.90. The van der Waals surface area contributed by atoms with Crippen molar-refractivity contribution in [1.29, 1.82) is 0 Å². The Bertz CT molecular complexity index is 457. The first-order valence-corrected chi connectivity index (χ1v) is 4.53. The second-order valence-corrected chi connectivity index (χ2v) is 3.30. The SMILES string of the molecule is Cc1cnccc1-c1cncc(Cl)n1. The van der Waals surface area contributed by atoms with Gasteiger partial charge in [-0.3, -0.25) is 9.97 Å².